The number of ether oxygens (including phenoxy) is 2. The predicted molar refractivity (Wildman–Crippen MR) is 88.4 cm³/mol. The van der Waals surface area contributed by atoms with E-state index in [2.05, 4.69) is 11.8 Å². The number of hydrogen-bond acceptors (Lipinski definition) is 4. The Bertz CT molecular complexity index is 463. The second kappa shape index (κ2) is 10.1. The molecule has 0 unspecified atom stereocenters. The maximum atomic E-state index is 10.8. The van der Waals surface area contributed by atoms with Gasteiger partial charge in [-0.15, -0.1) is 0 Å². The Morgan fingerprint density at radius 3 is 2.55 bits per heavy atom. The lowest BCUT2D eigenvalue weighted by Gasteiger charge is -2.22. The van der Waals surface area contributed by atoms with Gasteiger partial charge < -0.3 is 20.1 Å². The summed E-state index contributed by atoms with van der Waals surface area (Å²) < 4.78 is 10.7. The predicted octanol–water partition coefficient (Wildman–Crippen LogP) is 2.22. The molecule has 0 bridgehead atoms. The van der Waals surface area contributed by atoms with Gasteiger partial charge >= 0.3 is 0 Å². The molecule has 0 saturated carbocycles. The number of benzene rings is 1. The molecule has 0 aliphatic carbocycles. The van der Waals surface area contributed by atoms with Crippen molar-refractivity contribution in [1.29, 1.82) is 0 Å². The molecule has 1 aromatic carbocycles. The molecule has 1 rings (SSSR count). The molecule has 0 saturated heterocycles. The highest BCUT2D eigenvalue weighted by molar-refractivity contribution is 5.73. The van der Waals surface area contributed by atoms with E-state index in [1.165, 1.54) is 5.56 Å². The largest absolute Gasteiger partial charge is 0.497 e. The fourth-order valence-corrected chi connectivity index (χ4v) is 2.47. The zero-order valence-electron chi connectivity index (χ0n) is 13.9. The number of hydrogen-bond donors (Lipinski definition) is 1. The van der Waals surface area contributed by atoms with Gasteiger partial charge in [-0.25, -0.2) is 0 Å². The summed E-state index contributed by atoms with van der Waals surface area (Å²) in [4.78, 5) is 13.2. The first-order valence-electron chi connectivity index (χ1n) is 7.82. The molecule has 2 N–H and O–H groups in total. The van der Waals surface area contributed by atoms with Gasteiger partial charge in [-0.1, -0.05) is 13.0 Å². The number of nitrogens with two attached hydrogens (primary N) is 1. The normalized spacial score (nSPS) is 10.7. The van der Waals surface area contributed by atoms with E-state index in [0.29, 0.717) is 6.42 Å². The lowest BCUT2D eigenvalue weighted by atomic mass is 10.1. The van der Waals surface area contributed by atoms with Crippen molar-refractivity contribution < 1.29 is 14.3 Å². The van der Waals surface area contributed by atoms with Crippen molar-refractivity contribution in [2.24, 2.45) is 5.73 Å². The first-order chi connectivity index (χ1) is 10.6. The van der Waals surface area contributed by atoms with Crippen LogP contribution in [-0.4, -0.2) is 44.7 Å². The van der Waals surface area contributed by atoms with Crippen LogP contribution in [0.2, 0.25) is 0 Å². The summed E-state index contributed by atoms with van der Waals surface area (Å²) in [5.41, 5.74) is 6.36. The summed E-state index contributed by atoms with van der Waals surface area (Å²) in [7, 11) is 3.32. The third kappa shape index (κ3) is 6.35. The first-order valence-corrected chi connectivity index (χ1v) is 7.82. The van der Waals surface area contributed by atoms with E-state index in [4.69, 9.17) is 15.2 Å². The Hall–Kier alpha value is -1.75. The second-order valence-corrected chi connectivity index (χ2v) is 5.34. The van der Waals surface area contributed by atoms with Crippen molar-refractivity contribution >= 4 is 5.91 Å². The molecule has 0 atom stereocenters. The topological polar surface area (TPSA) is 64.8 Å². The molecule has 22 heavy (non-hydrogen) atoms. The van der Waals surface area contributed by atoms with Gasteiger partial charge in [-0.3, -0.25) is 4.79 Å². The number of carbonyl (C=O) groups is 1. The monoisotopic (exact) mass is 308 g/mol. The number of carbonyl (C=O) groups excluding carboxylic acids is 1. The van der Waals surface area contributed by atoms with E-state index >= 15 is 0 Å². The maximum absolute atomic E-state index is 10.8. The average molecular weight is 308 g/mol. The Morgan fingerprint density at radius 1 is 1.18 bits per heavy atom. The van der Waals surface area contributed by atoms with E-state index in [0.717, 1.165) is 50.4 Å². The molecule has 0 aliphatic heterocycles. The van der Waals surface area contributed by atoms with Gasteiger partial charge in [-0.05, 0) is 44.0 Å². The standard InChI is InChI=1S/C17H28N2O3/c1-4-10-19(11-5-6-17(18)20)12-9-14-7-8-15(21-2)13-16(14)22-3/h7-8,13H,4-6,9-12H2,1-3H3,(H2,18,20). The van der Waals surface area contributed by atoms with Crippen LogP contribution >= 0.6 is 0 Å². The second-order valence-electron chi connectivity index (χ2n) is 5.34. The van der Waals surface area contributed by atoms with Gasteiger partial charge in [0, 0.05) is 19.0 Å². The van der Waals surface area contributed by atoms with Crippen molar-refractivity contribution in [3.63, 3.8) is 0 Å². The molecule has 1 aromatic rings. The minimum Gasteiger partial charge on any atom is -0.497 e. The molecule has 0 radical (unpaired) electrons. The molecular formula is C17H28N2O3. The van der Waals surface area contributed by atoms with Crippen molar-refractivity contribution in [3.05, 3.63) is 23.8 Å². The van der Waals surface area contributed by atoms with Crippen LogP contribution in [-0.2, 0) is 11.2 Å². The highest BCUT2D eigenvalue weighted by Crippen LogP contribution is 2.25. The van der Waals surface area contributed by atoms with Crippen LogP contribution in [0, 0.1) is 0 Å². The van der Waals surface area contributed by atoms with Crippen LogP contribution in [0.25, 0.3) is 0 Å². The molecule has 124 valence electrons. The molecule has 5 heteroatoms. The molecule has 0 aliphatic rings. The molecule has 1 amide bonds. The van der Waals surface area contributed by atoms with Crippen LogP contribution in [0.5, 0.6) is 11.5 Å². The van der Waals surface area contributed by atoms with E-state index in [-0.39, 0.29) is 5.91 Å². The zero-order valence-corrected chi connectivity index (χ0v) is 13.9. The highest BCUT2D eigenvalue weighted by atomic mass is 16.5. The molecule has 0 spiro atoms. The van der Waals surface area contributed by atoms with E-state index in [9.17, 15) is 4.79 Å². The molecule has 0 aromatic heterocycles. The molecule has 0 fully saturated rings. The smallest absolute Gasteiger partial charge is 0.217 e. The number of nitrogens with zero attached hydrogens (tertiary/aromatic N) is 1. The van der Waals surface area contributed by atoms with E-state index in [1.54, 1.807) is 14.2 Å². The maximum Gasteiger partial charge on any atom is 0.217 e. The number of amides is 1. The zero-order chi connectivity index (χ0) is 16.4. The van der Waals surface area contributed by atoms with Gasteiger partial charge in [0.2, 0.25) is 5.91 Å². The van der Waals surface area contributed by atoms with Crippen molar-refractivity contribution in [2.75, 3.05) is 33.9 Å². The van der Waals surface area contributed by atoms with Crippen molar-refractivity contribution in [2.45, 2.75) is 32.6 Å². The van der Waals surface area contributed by atoms with Crippen LogP contribution < -0.4 is 15.2 Å². The summed E-state index contributed by atoms with van der Waals surface area (Å²) in [6.45, 7) is 5.02. The van der Waals surface area contributed by atoms with Crippen LogP contribution in [0.3, 0.4) is 0 Å². The molecule has 0 heterocycles. The minimum atomic E-state index is -0.228. The van der Waals surface area contributed by atoms with E-state index in [1.807, 2.05) is 18.2 Å². The summed E-state index contributed by atoms with van der Waals surface area (Å²) in [6, 6.07) is 5.91. The Kier molecular flexibility index (Phi) is 8.36. The van der Waals surface area contributed by atoms with Gasteiger partial charge in [0.05, 0.1) is 14.2 Å². The van der Waals surface area contributed by atoms with Crippen LogP contribution in [0.1, 0.15) is 31.7 Å². The van der Waals surface area contributed by atoms with Gasteiger partial charge in [0.25, 0.3) is 0 Å². The van der Waals surface area contributed by atoms with Gasteiger partial charge in [0.1, 0.15) is 11.5 Å². The van der Waals surface area contributed by atoms with Gasteiger partial charge in [0.15, 0.2) is 0 Å². The SMILES string of the molecule is CCCN(CCCC(N)=O)CCc1ccc(OC)cc1OC. The van der Waals surface area contributed by atoms with Crippen molar-refractivity contribution in [1.82, 2.24) is 4.90 Å². The summed E-state index contributed by atoms with van der Waals surface area (Å²) in [5, 5.41) is 0. The number of methoxy groups -OCH3 is 2. The number of rotatable bonds is 11. The van der Waals surface area contributed by atoms with Gasteiger partial charge in [-0.2, -0.15) is 0 Å². The summed E-state index contributed by atoms with van der Waals surface area (Å²) in [5.74, 6) is 1.42. The summed E-state index contributed by atoms with van der Waals surface area (Å²) in [6.07, 6.45) is 3.27. The Balaban J connectivity index is 2.58. The quantitative estimate of drug-likeness (QED) is 0.681. The van der Waals surface area contributed by atoms with Crippen LogP contribution in [0.15, 0.2) is 18.2 Å². The Morgan fingerprint density at radius 2 is 1.95 bits per heavy atom. The fourth-order valence-electron chi connectivity index (χ4n) is 2.47. The summed E-state index contributed by atoms with van der Waals surface area (Å²) >= 11 is 0. The lowest BCUT2D eigenvalue weighted by Crippen LogP contribution is -2.29. The van der Waals surface area contributed by atoms with Crippen molar-refractivity contribution in [3.8, 4) is 11.5 Å². The molecule has 5 nitrogen and oxygen atoms in total. The number of primary amides is 1. The Labute approximate surface area is 133 Å². The van der Waals surface area contributed by atoms with E-state index < -0.39 is 0 Å². The third-order valence-corrected chi connectivity index (χ3v) is 3.63. The first kappa shape index (κ1) is 18.3. The highest BCUT2D eigenvalue weighted by Gasteiger charge is 2.09. The molecular weight excluding hydrogens is 280 g/mol. The third-order valence-electron chi connectivity index (χ3n) is 3.63. The lowest BCUT2D eigenvalue weighted by molar-refractivity contribution is -0.118. The average Bonchev–Trinajstić information content (AvgIpc) is 2.52. The minimum absolute atomic E-state index is 0.228. The fraction of sp³-hybridized carbons (Fsp3) is 0.588. The van der Waals surface area contributed by atoms with Crippen LogP contribution in [0.4, 0.5) is 0 Å².